The van der Waals surface area contributed by atoms with Gasteiger partial charge in [-0.2, -0.15) is 0 Å². The number of hydrogen-bond acceptors (Lipinski definition) is 6. The minimum Gasteiger partial charge on any atom is -0.324 e. The van der Waals surface area contributed by atoms with Gasteiger partial charge < -0.3 is 21.3 Å². The molecule has 8 heteroatoms. The Labute approximate surface area is 212 Å². The summed E-state index contributed by atoms with van der Waals surface area (Å²) < 4.78 is 0. The van der Waals surface area contributed by atoms with Crippen LogP contribution in [0.15, 0.2) is 36.4 Å². The highest BCUT2D eigenvalue weighted by Crippen LogP contribution is 2.35. The van der Waals surface area contributed by atoms with Crippen LogP contribution in [-0.2, 0) is 9.59 Å². The largest absolute Gasteiger partial charge is 0.324 e. The van der Waals surface area contributed by atoms with Gasteiger partial charge in [-0.1, -0.05) is 51.0 Å². The summed E-state index contributed by atoms with van der Waals surface area (Å²) in [6, 6.07) is 8.77. The molecule has 0 aliphatic heterocycles. The predicted octanol–water partition coefficient (Wildman–Crippen LogP) is 3.90. The van der Waals surface area contributed by atoms with Gasteiger partial charge in [0.15, 0.2) is 11.6 Å². The second-order valence-corrected chi connectivity index (χ2v) is 9.15. The lowest BCUT2D eigenvalue weighted by molar-refractivity contribution is -0.118. The number of carbonyl (C=O) groups is 4. The van der Waals surface area contributed by atoms with Crippen LogP contribution in [0.25, 0.3) is 0 Å². The quantitative estimate of drug-likeness (QED) is 0.285. The van der Waals surface area contributed by atoms with Crippen molar-refractivity contribution in [2.24, 2.45) is 0 Å². The van der Waals surface area contributed by atoms with Gasteiger partial charge in [0.1, 0.15) is 0 Å². The van der Waals surface area contributed by atoms with E-state index < -0.39 is 12.1 Å². The molecule has 0 saturated carbocycles. The number of nitrogens with one attached hydrogen (secondary N) is 4. The lowest BCUT2D eigenvalue weighted by Gasteiger charge is -2.24. The van der Waals surface area contributed by atoms with Gasteiger partial charge in [0.2, 0.25) is 11.8 Å². The average Bonchev–Trinajstić information content (AvgIpc) is 2.87. The fourth-order valence-electron chi connectivity index (χ4n) is 4.11. The molecule has 8 nitrogen and oxygen atoms in total. The molecule has 0 bridgehead atoms. The smallest absolute Gasteiger partial charge is 0.241 e. The van der Waals surface area contributed by atoms with Crippen LogP contribution in [-0.4, -0.2) is 48.6 Å². The van der Waals surface area contributed by atoms with Crippen molar-refractivity contribution in [1.82, 2.24) is 10.6 Å². The fourth-order valence-corrected chi connectivity index (χ4v) is 4.11. The number of fused-ring (bicyclic) bond motifs is 2. The molecule has 0 aromatic heterocycles. The summed E-state index contributed by atoms with van der Waals surface area (Å²) in [6.07, 6.45) is 3.93. The molecule has 36 heavy (non-hydrogen) atoms. The molecule has 2 aromatic rings. The highest BCUT2D eigenvalue weighted by Gasteiger charge is 2.34. The van der Waals surface area contributed by atoms with E-state index in [-0.39, 0.29) is 45.6 Å². The van der Waals surface area contributed by atoms with E-state index in [1.54, 1.807) is 50.2 Å². The molecule has 192 valence electrons. The summed E-state index contributed by atoms with van der Waals surface area (Å²) in [7, 11) is 0. The van der Waals surface area contributed by atoms with E-state index in [9.17, 15) is 19.2 Å². The van der Waals surface area contributed by atoms with Gasteiger partial charge in [0.05, 0.1) is 34.6 Å². The standard InChI is InChI=1S/C28H36N4O4/c1-5-7-15-29-17(3)27(35)31-21-13-9-11-19-23(21)25(33)20-12-10-14-22(24(20)26(19)34)32-28(36)18(4)30-16-8-6-2/h9-14,17-18,29-30H,5-8,15-16H2,1-4H3,(H,31,35)(H,32,36). The van der Waals surface area contributed by atoms with Crippen molar-refractivity contribution in [2.45, 2.75) is 65.5 Å². The van der Waals surface area contributed by atoms with Crippen molar-refractivity contribution in [3.8, 4) is 0 Å². The Balaban J connectivity index is 1.86. The lowest BCUT2D eigenvalue weighted by Crippen LogP contribution is -2.39. The average molecular weight is 493 g/mol. The third kappa shape index (κ3) is 6.06. The number of carbonyl (C=O) groups excluding carboxylic acids is 4. The van der Waals surface area contributed by atoms with Crippen molar-refractivity contribution in [3.63, 3.8) is 0 Å². The Morgan fingerprint density at radius 1 is 0.694 bits per heavy atom. The van der Waals surface area contributed by atoms with E-state index >= 15 is 0 Å². The molecule has 4 N–H and O–H groups in total. The first-order valence-corrected chi connectivity index (χ1v) is 12.7. The molecular weight excluding hydrogens is 456 g/mol. The van der Waals surface area contributed by atoms with E-state index in [4.69, 9.17) is 0 Å². The van der Waals surface area contributed by atoms with Crippen LogP contribution in [0.3, 0.4) is 0 Å². The van der Waals surface area contributed by atoms with Gasteiger partial charge in [-0.25, -0.2) is 0 Å². The zero-order chi connectivity index (χ0) is 26.2. The molecule has 0 spiro atoms. The van der Waals surface area contributed by atoms with Crippen molar-refractivity contribution < 1.29 is 19.2 Å². The molecule has 0 saturated heterocycles. The van der Waals surface area contributed by atoms with Gasteiger partial charge in [0, 0.05) is 11.1 Å². The molecule has 0 heterocycles. The molecule has 3 rings (SSSR count). The minimum absolute atomic E-state index is 0.169. The first-order chi connectivity index (χ1) is 17.3. The van der Waals surface area contributed by atoms with Crippen LogP contribution in [0.1, 0.15) is 85.2 Å². The van der Waals surface area contributed by atoms with E-state index in [1.807, 2.05) is 0 Å². The van der Waals surface area contributed by atoms with E-state index in [1.165, 1.54) is 0 Å². The summed E-state index contributed by atoms with van der Waals surface area (Å²) in [6.45, 7) is 9.09. The third-order valence-corrected chi connectivity index (χ3v) is 6.34. The topological polar surface area (TPSA) is 116 Å². The van der Waals surface area contributed by atoms with Crippen molar-refractivity contribution in [2.75, 3.05) is 23.7 Å². The van der Waals surface area contributed by atoms with Crippen LogP contribution < -0.4 is 21.3 Å². The molecule has 1 aliphatic carbocycles. The Kier molecular flexibility index (Phi) is 9.50. The number of amides is 2. The Morgan fingerprint density at radius 3 is 1.44 bits per heavy atom. The van der Waals surface area contributed by atoms with Gasteiger partial charge >= 0.3 is 0 Å². The van der Waals surface area contributed by atoms with Crippen molar-refractivity contribution >= 4 is 34.8 Å². The number of benzene rings is 2. The maximum absolute atomic E-state index is 13.5. The van der Waals surface area contributed by atoms with Crippen LogP contribution >= 0.6 is 0 Å². The molecule has 0 fully saturated rings. The van der Waals surface area contributed by atoms with Crippen LogP contribution in [0, 0.1) is 0 Å². The number of unbranched alkanes of at least 4 members (excludes halogenated alkanes) is 2. The molecule has 1 aliphatic rings. The molecule has 2 unspecified atom stereocenters. The first kappa shape index (κ1) is 27.2. The summed E-state index contributed by atoms with van der Waals surface area (Å²) in [5.41, 5.74) is 1.34. The number of ketones is 2. The normalized spacial score (nSPS) is 14.0. The van der Waals surface area contributed by atoms with Gasteiger partial charge in [0.25, 0.3) is 0 Å². The maximum atomic E-state index is 13.5. The maximum Gasteiger partial charge on any atom is 0.241 e. The SMILES string of the molecule is CCCCNC(C)C(=O)Nc1cccc2c1C(=O)c1cccc(NC(=O)C(C)NCCCC)c1C2=O. The number of anilines is 2. The molecular formula is C28H36N4O4. The van der Waals surface area contributed by atoms with Crippen LogP contribution in [0.5, 0.6) is 0 Å². The first-order valence-electron chi connectivity index (χ1n) is 12.7. The van der Waals surface area contributed by atoms with Gasteiger partial charge in [-0.05, 0) is 51.9 Å². The summed E-state index contributed by atoms with van der Waals surface area (Å²) in [4.78, 5) is 52.6. The predicted molar refractivity (Wildman–Crippen MR) is 142 cm³/mol. The second-order valence-electron chi connectivity index (χ2n) is 9.15. The van der Waals surface area contributed by atoms with E-state index in [2.05, 4.69) is 35.1 Å². The third-order valence-electron chi connectivity index (χ3n) is 6.34. The summed E-state index contributed by atoms with van der Waals surface area (Å²) in [5.74, 6) is -1.30. The zero-order valence-electron chi connectivity index (χ0n) is 21.5. The van der Waals surface area contributed by atoms with Crippen molar-refractivity contribution in [1.29, 1.82) is 0 Å². The van der Waals surface area contributed by atoms with E-state index in [0.29, 0.717) is 24.5 Å². The number of hydrogen-bond donors (Lipinski definition) is 4. The second kappa shape index (κ2) is 12.6. The van der Waals surface area contributed by atoms with Gasteiger partial charge in [-0.15, -0.1) is 0 Å². The molecule has 2 amide bonds. The zero-order valence-corrected chi connectivity index (χ0v) is 21.5. The molecule has 2 atom stereocenters. The van der Waals surface area contributed by atoms with Gasteiger partial charge in [-0.3, -0.25) is 19.2 Å². The number of rotatable bonds is 12. The lowest BCUT2D eigenvalue weighted by atomic mass is 9.82. The van der Waals surface area contributed by atoms with Crippen molar-refractivity contribution in [3.05, 3.63) is 58.7 Å². The van der Waals surface area contributed by atoms with Crippen LogP contribution in [0.4, 0.5) is 11.4 Å². The Hall–Kier alpha value is -3.36. The molecule has 0 radical (unpaired) electrons. The van der Waals surface area contributed by atoms with E-state index in [0.717, 1.165) is 25.7 Å². The summed E-state index contributed by atoms with van der Waals surface area (Å²) in [5, 5.41) is 11.9. The highest BCUT2D eigenvalue weighted by molar-refractivity contribution is 6.32. The summed E-state index contributed by atoms with van der Waals surface area (Å²) >= 11 is 0. The highest BCUT2D eigenvalue weighted by atomic mass is 16.2. The Morgan fingerprint density at radius 2 is 1.08 bits per heavy atom. The molecule has 2 aromatic carbocycles. The monoisotopic (exact) mass is 492 g/mol. The fraction of sp³-hybridized carbons (Fsp3) is 0.429. The Bertz CT molecular complexity index is 1050. The minimum atomic E-state index is -0.455. The van der Waals surface area contributed by atoms with Crippen LogP contribution in [0.2, 0.25) is 0 Å².